The number of hydrogen-bond donors (Lipinski definition) is 0. The fraction of sp³-hybridized carbons (Fsp3) is 0.409. The molecule has 2 aromatic heterocycles. The van der Waals surface area contributed by atoms with Gasteiger partial charge >= 0.3 is 5.97 Å². The SMILES string of the molecule is COC(=O)Cn1c(=NC(=O)C2CCCN(S(=O)(=O)c3cccs3)C2)sc2cc(OC)c(OC)cc21. The molecule has 1 unspecified atom stereocenters. The summed E-state index contributed by atoms with van der Waals surface area (Å²) < 4.78 is 45.4. The number of amides is 1. The minimum Gasteiger partial charge on any atom is -0.493 e. The lowest BCUT2D eigenvalue weighted by molar-refractivity contribution is -0.141. The molecule has 0 radical (unpaired) electrons. The molecule has 0 spiro atoms. The molecule has 3 aromatic rings. The zero-order chi connectivity index (χ0) is 25.2. The van der Waals surface area contributed by atoms with Crippen molar-refractivity contribution in [3.63, 3.8) is 0 Å². The Labute approximate surface area is 210 Å². The van der Waals surface area contributed by atoms with Crippen LogP contribution in [0.3, 0.4) is 0 Å². The minimum absolute atomic E-state index is 0.0616. The van der Waals surface area contributed by atoms with E-state index in [9.17, 15) is 18.0 Å². The molecule has 0 bridgehead atoms. The van der Waals surface area contributed by atoms with Crippen LogP contribution in [0, 0.1) is 5.92 Å². The standard InChI is InChI=1S/C22H25N3O7S3/c1-30-16-10-15-18(11-17(16)31-2)34-22(25(15)13-19(26)32-3)23-21(27)14-6-4-8-24(12-14)35(28,29)20-7-5-9-33-20/h5,7,9-11,14H,4,6,8,12-13H2,1-3H3. The number of thiophene rings is 1. The van der Waals surface area contributed by atoms with Crippen molar-refractivity contribution >= 4 is 54.8 Å². The lowest BCUT2D eigenvalue weighted by Gasteiger charge is -2.29. The number of fused-ring (bicyclic) bond motifs is 1. The van der Waals surface area contributed by atoms with Gasteiger partial charge in [0.25, 0.3) is 15.9 Å². The van der Waals surface area contributed by atoms with E-state index < -0.39 is 27.8 Å². The number of aromatic nitrogens is 1. The Balaban J connectivity index is 1.70. The lowest BCUT2D eigenvalue weighted by Crippen LogP contribution is -2.42. The lowest BCUT2D eigenvalue weighted by atomic mass is 9.99. The van der Waals surface area contributed by atoms with Gasteiger partial charge in [-0.2, -0.15) is 9.30 Å². The van der Waals surface area contributed by atoms with Crippen LogP contribution < -0.4 is 14.3 Å². The number of piperidine rings is 1. The maximum absolute atomic E-state index is 13.2. The molecule has 1 saturated heterocycles. The summed E-state index contributed by atoms with van der Waals surface area (Å²) in [5.41, 5.74) is 0.634. The number of sulfonamides is 1. The number of benzene rings is 1. The summed E-state index contributed by atoms with van der Waals surface area (Å²) in [6.07, 6.45) is 1.09. The first kappa shape index (κ1) is 25.4. The summed E-state index contributed by atoms with van der Waals surface area (Å²) >= 11 is 2.37. The van der Waals surface area contributed by atoms with Crippen molar-refractivity contribution in [1.29, 1.82) is 0 Å². The molecule has 0 aliphatic carbocycles. The smallest absolute Gasteiger partial charge is 0.325 e. The number of thiazole rings is 1. The van der Waals surface area contributed by atoms with Crippen LogP contribution >= 0.6 is 22.7 Å². The Bertz CT molecular complexity index is 1410. The monoisotopic (exact) mass is 539 g/mol. The number of esters is 1. The number of nitrogens with zero attached hydrogens (tertiary/aromatic N) is 3. The first-order valence-electron chi connectivity index (χ1n) is 10.7. The number of carbonyl (C=O) groups excluding carboxylic acids is 2. The largest absolute Gasteiger partial charge is 0.493 e. The van der Waals surface area contributed by atoms with Gasteiger partial charge in [0, 0.05) is 25.2 Å². The van der Waals surface area contributed by atoms with Crippen molar-refractivity contribution in [2.75, 3.05) is 34.4 Å². The van der Waals surface area contributed by atoms with Crippen molar-refractivity contribution < 1.29 is 32.2 Å². The number of ether oxygens (including phenoxy) is 3. The van der Waals surface area contributed by atoms with Gasteiger partial charge in [-0.1, -0.05) is 17.4 Å². The molecule has 188 valence electrons. The molecule has 1 aliphatic heterocycles. The zero-order valence-electron chi connectivity index (χ0n) is 19.4. The second-order valence-electron chi connectivity index (χ2n) is 7.81. The molecule has 4 rings (SSSR count). The number of rotatable bonds is 7. The molecule has 35 heavy (non-hydrogen) atoms. The molecular formula is C22H25N3O7S3. The van der Waals surface area contributed by atoms with Crippen molar-refractivity contribution in [2.24, 2.45) is 10.9 Å². The van der Waals surface area contributed by atoms with Gasteiger partial charge in [-0.25, -0.2) is 8.42 Å². The van der Waals surface area contributed by atoms with E-state index in [4.69, 9.17) is 14.2 Å². The highest BCUT2D eigenvalue weighted by Crippen LogP contribution is 2.33. The summed E-state index contributed by atoms with van der Waals surface area (Å²) in [6.45, 7) is 0.266. The molecular weight excluding hydrogens is 514 g/mol. The van der Waals surface area contributed by atoms with Crippen LogP contribution in [0.15, 0.2) is 38.8 Å². The Morgan fingerprint density at radius 3 is 2.57 bits per heavy atom. The van der Waals surface area contributed by atoms with E-state index in [-0.39, 0.29) is 17.3 Å². The van der Waals surface area contributed by atoms with Gasteiger partial charge in [-0.15, -0.1) is 11.3 Å². The molecule has 1 fully saturated rings. The van der Waals surface area contributed by atoms with Crippen LogP contribution in [-0.4, -0.2) is 63.6 Å². The molecule has 0 saturated carbocycles. The van der Waals surface area contributed by atoms with E-state index in [0.717, 1.165) is 16.0 Å². The second-order valence-corrected chi connectivity index (χ2v) is 11.9. The van der Waals surface area contributed by atoms with Crippen molar-refractivity contribution in [3.8, 4) is 11.5 Å². The van der Waals surface area contributed by atoms with Crippen molar-refractivity contribution in [1.82, 2.24) is 8.87 Å². The molecule has 10 nitrogen and oxygen atoms in total. The molecule has 3 heterocycles. The molecule has 1 aliphatic rings. The fourth-order valence-electron chi connectivity index (χ4n) is 3.91. The quantitative estimate of drug-likeness (QED) is 0.424. The van der Waals surface area contributed by atoms with Gasteiger partial charge in [0.15, 0.2) is 16.3 Å². The van der Waals surface area contributed by atoms with E-state index in [1.165, 1.54) is 37.0 Å². The Kier molecular flexibility index (Phi) is 7.59. The Morgan fingerprint density at radius 1 is 1.17 bits per heavy atom. The average molecular weight is 540 g/mol. The summed E-state index contributed by atoms with van der Waals surface area (Å²) in [5.74, 6) is -0.541. The van der Waals surface area contributed by atoms with Gasteiger partial charge in [0.2, 0.25) is 0 Å². The van der Waals surface area contributed by atoms with Crippen molar-refractivity contribution in [2.45, 2.75) is 23.6 Å². The van der Waals surface area contributed by atoms with Crippen LogP contribution in [0.2, 0.25) is 0 Å². The van der Waals surface area contributed by atoms with Gasteiger partial charge in [0.05, 0.1) is 37.5 Å². The third kappa shape index (κ3) is 5.13. The number of hydrogen-bond acceptors (Lipinski definition) is 9. The predicted molar refractivity (Wildman–Crippen MR) is 131 cm³/mol. The summed E-state index contributed by atoms with van der Waals surface area (Å²) in [4.78, 5) is 30.0. The van der Waals surface area contributed by atoms with Crippen LogP contribution in [0.4, 0.5) is 0 Å². The van der Waals surface area contributed by atoms with Crippen LogP contribution in [0.25, 0.3) is 10.2 Å². The first-order chi connectivity index (χ1) is 16.8. The summed E-state index contributed by atoms with van der Waals surface area (Å²) in [6, 6.07) is 6.72. The maximum Gasteiger partial charge on any atom is 0.325 e. The molecule has 1 aromatic carbocycles. The molecule has 13 heteroatoms. The van der Waals surface area contributed by atoms with Gasteiger partial charge in [0.1, 0.15) is 10.8 Å². The highest BCUT2D eigenvalue weighted by Gasteiger charge is 2.34. The van der Waals surface area contributed by atoms with Crippen LogP contribution in [0.1, 0.15) is 12.8 Å². The normalized spacial score (nSPS) is 17.5. The molecule has 1 amide bonds. The van der Waals surface area contributed by atoms with E-state index in [2.05, 4.69) is 4.99 Å². The number of carbonyl (C=O) groups is 2. The van der Waals surface area contributed by atoms with E-state index in [1.54, 1.807) is 34.2 Å². The van der Waals surface area contributed by atoms with Gasteiger partial charge in [-0.05, 0) is 24.3 Å². The van der Waals surface area contributed by atoms with Crippen molar-refractivity contribution in [3.05, 3.63) is 34.4 Å². The summed E-state index contributed by atoms with van der Waals surface area (Å²) in [5, 5.41) is 1.71. The van der Waals surface area contributed by atoms with E-state index in [1.807, 2.05) is 0 Å². The number of methoxy groups -OCH3 is 3. The molecule has 1 atom stereocenters. The minimum atomic E-state index is -3.65. The second kappa shape index (κ2) is 10.5. The zero-order valence-corrected chi connectivity index (χ0v) is 21.9. The van der Waals surface area contributed by atoms with E-state index >= 15 is 0 Å². The highest BCUT2D eigenvalue weighted by atomic mass is 32.2. The topological polar surface area (TPSA) is 116 Å². The predicted octanol–water partition coefficient (Wildman–Crippen LogP) is 2.48. The van der Waals surface area contributed by atoms with Crippen LogP contribution in [0.5, 0.6) is 11.5 Å². The maximum atomic E-state index is 13.2. The van der Waals surface area contributed by atoms with Crippen LogP contribution in [-0.2, 0) is 30.9 Å². The third-order valence-electron chi connectivity index (χ3n) is 5.73. The Morgan fingerprint density at radius 2 is 1.91 bits per heavy atom. The fourth-order valence-corrected chi connectivity index (χ4v) is 7.63. The van der Waals surface area contributed by atoms with E-state index in [0.29, 0.717) is 41.2 Å². The van der Waals surface area contributed by atoms with Gasteiger partial charge in [-0.3, -0.25) is 9.59 Å². The Hall–Kier alpha value is -2.74. The third-order valence-corrected chi connectivity index (χ3v) is 10.0. The van der Waals surface area contributed by atoms with Gasteiger partial charge < -0.3 is 18.8 Å². The average Bonchev–Trinajstić information content (AvgIpc) is 3.52. The molecule has 0 N–H and O–H groups in total. The summed E-state index contributed by atoms with van der Waals surface area (Å²) in [7, 11) is 0.660. The first-order valence-corrected chi connectivity index (χ1v) is 13.9. The highest BCUT2D eigenvalue weighted by molar-refractivity contribution is 7.91.